The van der Waals surface area contributed by atoms with Crippen molar-refractivity contribution in [3.05, 3.63) is 52.0 Å². The van der Waals surface area contributed by atoms with Crippen molar-refractivity contribution in [2.24, 2.45) is 0 Å². The van der Waals surface area contributed by atoms with Crippen LogP contribution in [0.25, 0.3) is 0 Å². The molecule has 1 aliphatic heterocycles. The number of aromatic nitrogens is 2. The molecular weight excluding hydrogens is 381 g/mol. The van der Waals surface area contributed by atoms with Gasteiger partial charge in [0.25, 0.3) is 5.91 Å². The highest BCUT2D eigenvalue weighted by Gasteiger charge is 2.27. The number of carboxylic acid groups (broad SMARTS) is 1. The zero-order valence-corrected chi connectivity index (χ0v) is 15.1. The molecule has 0 aliphatic carbocycles. The summed E-state index contributed by atoms with van der Waals surface area (Å²) in [5.41, 5.74) is -0.105. The third kappa shape index (κ3) is 4.23. The monoisotopic (exact) mass is 395 g/mol. The average Bonchev–Trinajstić information content (AvgIpc) is 2.64. The van der Waals surface area contributed by atoms with Crippen LogP contribution in [0.5, 0.6) is 5.75 Å². The van der Waals surface area contributed by atoms with Crippen LogP contribution in [0.2, 0.25) is 10.0 Å². The van der Waals surface area contributed by atoms with E-state index in [1.807, 2.05) is 0 Å². The number of likely N-dealkylation sites (tertiary alicyclic amines) is 1. The molecule has 0 radical (unpaired) electrons. The molecule has 1 atom stereocenters. The number of piperidine rings is 1. The lowest BCUT2D eigenvalue weighted by Crippen LogP contribution is -2.44. The number of ether oxygens (including phenoxy) is 1. The summed E-state index contributed by atoms with van der Waals surface area (Å²) in [5, 5.41) is 9.69. The highest BCUT2D eigenvalue weighted by atomic mass is 35.5. The number of carbonyl (C=O) groups is 2. The van der Waals surface area contributed by atoms with Gasteiger partial charge in [0.1, 0.15) is 17.5 Å². The van der Waals surface area contributed by atoms with Crippen LogP contribution in [0.15, 0.2) is 30.6 Å². The maximum atomic E-state index is 12.6. The summed E-state index contributed by atoms with van der Waals surface area (Å²) in [4.78, 5) is 32.6. The smallest absolute Gasteiger partial charge is 0.356 e. The Bertz CT molecular complexity index is 829. The molecule has 0 bridgehead atoms. The van der Waals surface area contributed by atoms with Crippen molar-refractivity contribution in [2.45, 2.75) is 18.9 Å². The molecule has 136 valence electrons. The Kier molecular flexibility index (Phi) is 5.58. The average molecular weight is 396 g/mol. The summed E-state index contributed by atoms with van der Waals surface area (Å²) in [7, 11) is 0. The van der Waals surface area contributed by atoms with Gasteiger partial charge in [-0.2, -0.15) is 0 Å². The molecule has 2 aromatic rings. The minimum Gasteiger partial charge on any atom is -0.489 e. The maximum Gasteiger partial charge on any atom is 0.356 e. The largest absolute Gasteiger partial charge is 0.489 e. The quantitative estimate of drug-likeness (QED) is 0.854. The van der Waals surface area contributed by atoms with Crippen LogP contribution in [0, 0.1) is 0 Å². The van der Waals surface area contributed by atoms with Gasteiger partial charge in [0.05, 0.1) is 29.0 Å². The first-order chi connectivity index (χ1) is 12.4. The molecule has 1 saturated heterocycles. The van der Waals surface area contributed by atoms with Gasteiger partial charge in [-0.1, -0.05) is 23.2 Å². The lowest BCUT2D eigenvalue weighted by atomic mass is 10.1. The Balaban J connectivity index is 1.66. The first-order valence-corrected chi connectivity index (χ1v) is 8.66. The molecule has 0 spiro atoms. The summed E-state index contributed by atoms with van der Waals surface area (Å²) < 4.78 is 5.91. The third-order valence-electron chi connectivity index (χ3n) is 3.95. The Morgan fingerprint density at radius 3 is 2.54 bits per heavy atom. The number of benzene rings is 1. The molecule has 7 nitrogen and oxygen atoms in total. The van der Waals surface area contributed by atoms with Crippen molar-refractivity contribution in [2.75, 3.05) is 13.1 Å². The van der Waals surface area contributed by atoms with Gasteiger partial charge < -0.3 is 14.7 Å². The fourth-order valence-electron chi connectivity index (χ4n) is 2.67. The standard InChI is InChI=1S/C17H15Cl2N3O4/c18-12-4-3-10(6-13(12)19)26-11-2-1-5-22(9-11)16(23)14-7-21-15(8-20-14)17(24)25/h3-4,6-8,11H,1-2,5,9H2,(H,24,25). The van der Waals surface area contributed by atoms with Gasteiger partial charge in [0.2, 0.25) is 0 Å². The zero-order chi connectivity index (χ0) is 18.7. The minimum absolute atomic E-state index is 0.102. The molecule has 1 N–H and O–H groups in total. The van der Waals surface area contributed by atoms with Crippen LogP contribution in [0.1, 0.15) is 33.8 Å². The first kappa shape index (κ1) is 18.4. The van der Waals surface area contributed by atoms with Gasteiger partial charge in [0.15, 0.2) is 5.69 Å². The number of aromatic carboxylic acids is 1. The fourth-order valence-corrected chi connectivity index (χ4v) is 2.96. The van der Waals surface area contributed by atoms with E-state index in [1.54, 1.807) is 23.1 Å². The van der Waals surface area contributed by atoms with Crippen LogP contribution in [0.4, 0.5) is 0 Å². The third-order valence-corrected chi connectivity index (χ3v) is 4.69. The van der Waals surface area contributed by atoms with Crippen molar-refractivity contribution < 1.29 is 19.4 Å². The van der Waals surface area contributed by atoms with Gasteiger partial charge in [-0.25, -0.2) is 14.8 Å². The predicted octanol–water partition coefficient (Wildman–Crippen LogP) is 3.17. The Hall–Kier alpha value is -2.38. The van der Waals surface area contributed by atoms with E-state index < -0.39 is 5.97 Å². The number of hydrogen-bond acceptors (Lipinski definition) is 5. The summed E-state index contributed by atoms with van der Waals surface area (Å²) >= 11 is 11.9. The maximum absolute atomic E-state index is 12.6. The Labute approximate surface area is 159 Å². The molecule has 0 saturated carbocycles. The summed E-state index contributed by atoms with van der Waals surface area (Å²) in [6.45, 7) is 0.962. The van der Waals surface area contributed by atoms with Crippen molar-refractivity contribution in [1.82, 2.24) is 14.9 Å². The molecule has 1 amide bonds. The number of nitrogens with zero attached hydrogens (tertiary/aromatic N) is 3. The van der Waals surface area contributed by atoms with Crippen molar-refractivity contribution >= 4 is 35.1 Å². The normalized spacial score (nSPS) is 17.0. The van der Waals surface area contributed by atoms with Gasteiger partial charge in [0, 0.05) is 12.6 Å². The summed E-state index contributed by atoms with van der Waals surface area (Å²) in [5.74, 6) is -0.911. The molecule has 1 aromatic carbocycles. The van der Waals surface area contributed by atoms with E-state index in [0.717, 1.165) is 19.0 Å². The van der Waals surface area contributed by atoms with E-state index in [-0.39, 0.29) is 23.4 Å². The molecule has 2 heterocycles. The van der Waals surface area contributed by atoms with Gasteiger partial charge >= 0.3 is 5.97 Å². The molecule has 3 rings (SSSR count). The number of carbonyl (C=O) groups excluding carboxylic acids is 1. The van der Waals surface area contributed by atoms with E-state index >= 15 is 0 Å². The summed E-state index contributed by atoms with van der Waals surface area (Å²) in [6, 6.07) is 5.02. The summed E-state index contributed by atoms with van der Waals surface area (Å²) in [6.07, 6.45) is 3.64. The second-order valence-corrected chi connectivity index (χ2v) is 6.62. The number of carboxylic acids is 1. The molecule has 1 aromatic heterocycles. The second kappa shape index (κ2) is 7.88. The van der Waals surface area contributed by atoms with E-state index in [2.05, 4.69) is 9.97 Å². The van der Waals surface area contributed by atoms with Crippen molar-refractivity contribution in [3.63, 3.8) is 0 Å². The molecule has 1 fully saturated rings. The van der Waals surface area contributed by atoms with Gasteiger partial charge in [-0.3, -0.25) is 4.79 Å². The van der Waals surface area contributed by atoms with Gasteiger partial charge in [-0.05, 0) is 25.0 Å². The minimum atomic E-state index is -1.19. The molecule has 1 unspecified atom stereocenters. The highest BCUT2D eigenvalue weighted by Crippen LogP contribution is 2.28. The second-order valence-electron chi connectivity index (χ2n) is 5.80. The van der Waals surface area contributed by atoms with Crippen LogP contribution < -0.4 is 4.74 Å². The van der Waals surface area contributed by atoms with E-state index in [0.29, 0.717) is 28.9 Å². The SMILES string of the molecule is O=C(O)c1cnc(C(=O)N2CCCC(Oc3ccc(Cl)c(Cl)c3)C2)cn1. The molecular formula is C17H15Cl2N3O4. The topological polar surface area (TPSA) is 92.6 Å². The van der Waals surface area contributed by atoms with Crippen LogP contribution in [-0.4, -0.2) is 51.0 Å². The Morgan fingerprint density at radius 1 is 1.15 bits per heavy atom. The van der Waals surface area contributed by atoms with E-state index in [9.17, 15) is 9.59 Å². The van der Waals surface area contributed by atoms with E-state index in [1.165, 1.54) is 6.20 Å². The number of halogens is 2. The molecule has 9 heteroatoms. The van der Waals surface area contributed by atoms with Crippen LogP contribution in [-0.2, 0) is 0 Å². The van der Waals surface area contributed by atoms with Crippen molar-refractivity contribution in [1.29, 1.82) is 0 Å². The first-order valence-electron chi connectivity index (χ1n) is 7.90. The van der Waals surface area contributed by atoms with Crippen molar-refractivity contribution in [3.8, 4) is 5.75 Å². The van der Waals surface area contributed by atoms with Crippen LogP contribution >= 0.6 is 23.2 Å². The van der Waals surface area contributed by atoms with Crippen LogP contribution in [0.3, 0.4) is 0 Å². The lowest BCUT2D eigenvalue weighted by Gasteiger charge is -2.32. The highest BCUT2D eigenvalue weighted by molar-refractivity contribution is 6.42. The Morgan fingerprint density at radius 2 is 1.88 bits per heavy atom. The lowest BCUT2D eigenvalue weighted by molar-refractivity contribution is 0.0531. The molecule has 1 aliphatic rings. The number of hydrogen-bond donors (Lipinski definition) is 1. The molecule has 26 heavy (non-hydrogen) atoms. The van der Waals surface area contributed by atoms with Gasteiger partial charge in [-0.15, -0.1) is 0 Å². The van der Waals surface area contributed by atoms with E-state index in [4.69, 9.17) is 33.0 Å². The number of rotatable bonds is 4. The fraction of sp³-hybridized carbons (Fsp3) is 0.294. The number of amides is 1. The predicted molar refractivity (Wildman–Crippen MR) is 95.0 cm³/mol. The zero-order valence-electron chi connectivity index (χ0n) is 13.6.